The molecule has 1 fully saturated rings. The number of hydrogen-bond donors (Lipinski definition) is 2. The maximum Gasteiger partial charge on any atom is 0.469 e. The molecule has 26 heavy (non-hydrogen) atoms. The van der Waals surface area contributed by atoms with E-state index in [1.165, 1.54) is 70.6 Å². The van der Waals surface area contributed by atoms with E-state index >= 15 is 0 Å². The fourth-order valence-electron chi connectivity index (χ4n) is 2.53. The van der Waals surface area contributed by atoms with Crippen molar-refractivity contribution in [3.63, 3.8) is 0 Å². The van der Waals surface area contributed by atoms with Crippen LogP contribution in [-0.2, 0) is 13.8 Å². The Morgan fingerprint density at radius 3 is 1.65 bits per heavy atom. The van der Waals surface area contributed by atoms with Crippen molar-refractivity contribution < 1.29 is 23.6 Å². The van der Waals surface area contributed by atoms with Gasteiger partial charge in [-0.15, -0.1) is 0 Å². The number of hydrogen-bond acceptors (Lipinski definition) is 3. The minimum Gasteiger partial charge on any atom is -0.377 e. The lowest BCUT2D eigenvalue weighted by Gasteiger charge is -2.04. The predicted molar refractivity (Wildman–Crippen MR) is 108 cm³/mol. The maximum absolute atomic E-state index is 10.5. The van der Waals surface area contributed by atoms with E-state index in [9.17, 15) is 4.57 Å². The average molecular weight is 393 g/mol. The van der Waals surface area contributed by atoms with Crippen molar-refractivity contribution >= 4 is 7.82 Å². The highest BCUT2D eigenvalue weighted by Gasteiger charge is 2.12. The molecule has 1 aliphatic heterocycles. The molecule has 156 valence electrons. The number of phosphoric ester groups is 1. The van der Waals surface area contributed by atoms with Crippen molar-refractivity contribution in [2.75, 3.05) is 19.8 Å². The molecule has 6 heteroatoms. The minimum absolute atomic E-state index is 0.158. The number of unbranched alkanes of at least 4 members (excludes halogenated alkanes) is 12. The first-order valence-electron chi connectivity index (χ1n) is 10.5. The van der Waals surface area contributed by atoms with Crippen LogP contribution in [0.15, 0.2) is 12.2 Å². The van der Waals surface area contributed by atoms with Crippen LogP contribution in [0.5, 0.6) is 0 Å². The van der Waals surface area contributed by atoms with Crippen LogP contribution in [0.4, 0.5) is 0 Å². The molecular formula is C20H41O5P. The van der Waals surface area contributed by atoms with Crippen LogP contribution in [0.1, 0.15) is 96.8 Å². The summed E-state index contributed by atoms with van der Waals surface area (Å²) in [5, 5.41) is 0. The number of ether oxygens (including phenoxy) is 1. The van der Waals surface area contributed by atoms with Crippen LogP contribution in [0.3, 0.4) is 0 Å². The van der Waals surface area contributed by atoms with Crippen molar-refractivity contribution in [2.45, 2.75) is 96.8 Å². The van der Waals surface area contributed by atoms with Gasteiger partial charge < -0.3 is 14.5 Å². The van der Waals surface area contributed by atoms with E-state index in [1.54, 1.807) is 0 Å². The van der Waals surface area contributed by atoms with Gasteiger partial charge in [0.2, 0.25) is 0 Å². The second kappa shape index (κ2) is 19.6. The molecule has 1 heterocycles. The normalized spacial score (nSPS) is 13.7. The molecule has 0 amide bonds. The lowest BCUT2D eigenvalue weighted by Crippen LogP contribution is -1.92. The standard InChI is InChI=1S/C18H37O4P.C2H4O/c1-2-3-4-5-6-7-8-9-10-11-12-13-14-15-16-17-18-22-23(19,20)21;1-2-3-1/h9-10H,2-8,11-18H2,1H3,(H2,19,20,21);1-2H2/b10-9-;. The first-order chi connectivity index (χ1) is 12.6. The second-order valence-electron chi connectivity index (χ2n) is 6.87. The lowest BCUT2D eigenvalue weighted by molar-refractivity contribution is 0.193. The third kappa shape index (κ3) is 28.6. The molecule has 0 unspecified atom stereocenters. The molecule has 0 aliphatic carbocycles. The molecule has 2 N–H and O–H groups in total. The van der Waals surface area contributed by atoms with Gasteiger partial charge in [-0.25, -0.2) is 4.57 Å². The Morgan fingerprint density at radius 2 is 1.23 bits per heavy atom. The molecule has 0 aromatic heterocycles. The first-order valence-corrected chi connectivity index (χ1v) is 12.0. The lowest BCUT2D eigenvalue weighted by atomic mass is 10.1. The summed E-state index contributed by atoms with van der Waals surface area (Å²) < 4.78 is 19.4. The van der Waals surface area contributed by atoms with E-state index in [0.717, 1.165) is 32.5 Å². The number of epoxide rings is 1. The summed E-state index contributed by atoms with van der Waals surface area (Å²) >= 11 is 0. The smallest absolute Gasteiger partial charge is 0.377 e. The highest BCUT2D eigenvalue weighted by Crippen LogP contribution is 2.35. The van der Waals surface area contributed by atoms with Crippen LogP contribution in [-0.4, -0.2) is 29.6 Å². The van der Waals surface area contributed by atoms with E-state index in [4.69, 9.17) is 9.79 Å². The van der Waals surface area contributed by atoms with Crippen molar-refractivity contribution in [1.29, 1.82) is 0 Å². The summed E-state index contributed by atoms with van der Waals surface area (Å²) in [6.45, 7) is 4.41. The van der Waals surface area contributed by atoms with Crippen molar-refractivity contribution in [2.24, 2.45) is 0 Å². The van der Waals surface area contributed by atoms with Crippen molar-refractivity contribution in [3.05, 3.63) is 12.2 Å². The molecular weight excluding hydrogens is 351 g/mol. The molecule has 0 atom stereocenters. The van der Waals surface area contributed by atoms with Gasteiger partial charge >= 0.3 is 7.82 Å². The van der Waals surface area contributed by atoms with Crippen LogP contribution < -0.4 is 0 Å². The van der Waals surface area contributed by atoms with E-state index in [2.05, 4.69) is 28.3 Å². The average Bonchev–Trinajstić information content (AvgIpc) is 3.45. The zero-order chi connectivity index (χ0) is 19.3. The van der Waals surface area contributed by atoms with Gasteiger partial charge in [-0.1, -0.05) is 76.9 Å². The molecule has 0 spiro atoms. The Balaban J connectivity index is 0.00000187. The van der Waals surface area contributed by atoms with Gasteiger partial charge in [-0.05, 0) is 32.1 Å². The zero-order valence-corrected chi connectivity index (χ0v) is 17.6. The molecule has 1 rings (SSSR count). The molecule has 0 aromatic rings. The van der Waals surface area contributed by atoms with Crippen LogP contribution in [0.25, 0.3) is 0 Å². The Labute approximate surface area is 160 Å². The second-order valence-corrected chi connectivity index (χ2v) is 8.11. The topological polar surface area (TPSA) is 79.3 Å². The molecule has 1 saturated heterocycles. The predicted octanol–water partition coefficient (Wildman–Crippen LogP) is 6.15. The van der Waals surface area contributed by atoms with Crippen LogP contribution in [0.2, 0.25) is 0 Å². The fourth-order valence-corrected chi connectivity index (χ4v) is 2.90. The maximum atomic E-state index is 10.5. The Bertz CT molecular complexity index is 349. The molecule has 0 aromatic carbocycles. The fraction of sp³-hybridized carbons (Fsp3) is 0.900. The number of allylic oxidation sites excluding steroid dienone is 2. The summed E-state index contributed by atoms with van der Waals surface area (Å²) in [6, 6.07) is 0. The molecule has 1 aliphatic rings. The SMILES string of the molecule is C1CO1.CCCCCCCC/C=C\CCCCCCCCOP(=O)(O)O. The summed E-state index contributed by atoms with van der Waals surface area (Å²) in [7, 11) is -4.26. The van der Waals surface area contributed by atoms with Gasteiger partial charge in [0, 0.05) is 0 Å². The number of phosphoric acid groups is 1. The van der Waals surface area contributed by atoms with Gasteiger partial charge in [-0.2, -0.15) is 0 Å². The summed E-state index contributed by atoms with van der Waals surface area (Å²) in [5.74, 6) is 0. The quantitative estimate of drug-likeness (QED) is 0.134. The molecule has 0 bridgehead atoms. The minimum atomic E-state index is -4.26. The van der Waals surface area contributed by atoms with E-state index in [1.807, 2.05) is 0 Å². The highest BCUT2D eigenvalue weighted by atomic mass is 31.2. The Morgan fingerprint density at radius 1 is 0.808 bits per heavy atom. The Kier molecular flexibility index (Phi) is 19.4. The third-order valence-corrected chi connectivity index (χ3v) is 4.64. The van der Waals surface area contributed by atoms with E-state index in [0.29, 0.717) is 0 Å². The largest absolute Gasteiger partial charge is 0.469 e. The van der Waals surface area contributed by atoms with Crippen molar-refractivity contribution in [1.82, 2.24) is 0 Å². The van der Waals surface area contributed by atoms with Gasteiger partial charge in [0.15, 0.2) is 0 Å². The van der Waals surface area contributed by atoms with Crippen LogP contribution >= 0.6 is 7.82 Å². The highest BCUT2D eigenvalue weighted by molar-refractivity contribution is 7.46. The molecule has 5 nitrogen and oxygen atoms in total. The molecule has 0 radical (unpaired) electrons. The zero-order valence-electron chi connectivity index (χ0n) is 16.7. The summed E-state index contributed by atoms with van der Waals surface area (Å²) in [4.78, 5) is 17.1. The first kappa shape index (κ1) is 25.8. The molecule has 0 saturated carbocycles. The van der Waals surface area contributed by atoms with Gasteiger partial charge in [0.1, 0.15) is 0 Å². The third-order valence-electron chi connectivity index (χ3n) is 4.12. The van der Waals surface area contributed by atoms with E-state index in [-0.39, 0.29) is 6.61 Å². The van der Waals surface area contributed by atoms with Gasteiger partial charge in [-0.3, -0.25) is 4.52 Å². The Hall–Kier alpha value is -0.190. The summed E-state index contributed by atoms with van der Waals surface area (Å²) in [6.07, 6.45) is 21.7. The van der Waals surface area contributed by atoms with Gasteiger partial charge in [0.25, 0.3) is 0 Å². The van der Waals surface area contributed by atoms with Gasteiger partial charge in [0.05, 0.1) is 19.8 Å². The van der Waals surface area contributed by atoms with Crippen molar-refractivity contribution in [3.8, 4) is 0 Å². The van der Waals surface area contributed by atoms with E-state index < -0.39 is 7.82 Å². The van der Waals surface area contributed by atoms with Crippen LogP contribution in [0, 0.1) is 0 Å². The summed E-state index contributed by atoms with van der Waals surface area (Å²) in [5.41, 5.74) is 0. The number of rotatable bonds is 17. The monoisotopic (exact) mass is 392 g/mol.